The average molecular weight is 233 g/mol. The minimum absolute atomic E-state index is 0.598. The van der Waals surface area contributed by atoms with E-state index in [2.05, 4.69) is 0 Å². The van der Waals surface area contributed by atoms with E-state index >= 15 is 0 Å². The summed E-state index contributed by atoms with van der Waals surface area (Å²) in [5.74, 6) is 0.699. The normalized spacial score (nSPS) is 17.2. The highest BCUT2D eigenvalue weighted by atomic mass is 35.5. The Morgan fingerprint density at radius 3 is 2.75 bits per heavy atom. The third-order valence-corrected chi connectivity index (χ3v) is 2.93. The van der Waals surface area contributed by atoms with Crippen LogP contribution in [0.4, 0.5) is 0 Å². The van der Waals surface area contributed by atoms with Crippen LogP contribution in [0.5, 0.6) is 5.75 Å². The fraction of sp³-hybridized carbons (Fsp3) is 0.0769. The summed E-state index contributed by atoms with van der Waals surface area (Å²) in [6.45, 7) is 0. The fourth-order valence-corrected chi connectivity index (χ4v) is 2.14. The molecule has 80 valence electrons. The number of hydrogen-bond acceptors (Lipinski definition) is 2. The summed E-state index contributed by atoms with van der Waals surface area (Å²) in [4.78, 5) is 0. The Kier molecular flexibility index (Phi) is 2.13. The van der Waals surface area contributed by atoms with Crippen LogP contribution in [-0.4, -0.2) is 5.11 Å². The predicted molar refractivity (Wildman–Crippen MR) is 62.5 cm³/mol. The number of benzene rings is 2. The zero-order valence-electron chi connectivity index (χ0n) is 8.35. The molecule has 2 nitrogen and oxygen atoms in total. The van der Waals surface area contributed by atoms with Gasteiger partial charge in [-0.2, -0.15) is 0 Å². The van der Waals surface area contributed by atoms with E-state index in [9.17, 15) is 5.11 Å². The molecule has 0 aliphatic carbocycles. The van der Waals surface area contributed by atoms with E-state index in [0.29, 0.717) is 16.3 Å². The second-order valence-corrected chi connectivity index (χ2v) is 4.13. The zero-order chi connectivity index (χ0) is 11.1. The zero-order valence-corrected chi connectivity index (χ0v) is 9.11. The molecular weight excluding hydrogens is 224 g/mol. The second kappa shape index (κ2) is 3.51. The molecule has 1 N–H and O–H groups in total. The molecular formula is C13H9ClO2. The number of aliphatic hydroxyl groups excluding tert-OH is 1. The van der Waals surface area contributed by atoms with Crippen LogP contribution in [-0.2, 0) is 0 Å². The van der Waals surface area contributed by atoms with Gasteiger partial charge in [0.15, 0.2) is 0 Å². The van der Waals surface area contributed by atoms with Crippen LogP contribution in [0.1, 0.15) is 11.9 Å². The van der Waals surface area contributed by atoms with Gasteiger partial charge in [0.2, 0.25) is 6.29 Å². The largest absolute Gasteiger partial charge is 0.460 e. The summed E-state index contributed by atoms with van der Waals surface area (Å²) in [7, 11) is 0. The van der Waals surface area contributed by atoms with Crippen LogP contribution in [0.25, 0.3) is 11.1 Å². The Morgan fingerprint density at radius 1 is 1.06 bits per heavy atom. The van der Waals surface area contributed by atoms with E-state index in [0.717, 1.165) is 11.1 Å². The Balaban J connectivity index is 2.28. The van der Waals surface area contributed by atoms with Gasteiger partial charge in [-0.15, -0.1) is 0 Å². The van der Waals surface area contributed by atoms with Crippen LogP contribution in [0.2, 0.25) is 5.02 Å². The number of para-hydroxylation sites is 1. The van der Waals surface area contributed by atoms with Crippen molar-refractivity contribution in [2.75, 3.05) is 0 Å². The lowest BCUT2D eigenvalue weighted by Crippen LogP contribution is -2.13. The third-order valence-electron chi connectivity index (χ3n) is 2.70. The molecule has 1 aliphatic heterocycles. The number of fused-ring (bicyclic) bond motifs is 3. The van der Waals surface area contributed by atoms with Crippen LogP contribution < -0.4 is 4.74 Å². The van der Waals surface area contributed by atoms with E-state index < -0.39 is 6.29 Å². The Hall–Kier alpha value is -1.51. The van der Waals surface area contributed by atoms with Crippen molar-refractivity contribution in [3.63, 3.8) is 0 Å². The lowest BCUT2D eigenvalue weighted by Gasteiger charge is -2.25. The average Bonchev–Trinajstić information content (AvgIpc) is 2.29. The van der Waals surface area contributed by atoms with Crippen molar-refractivity contribution in [3.05, 3.63) is 53.1 Å². The van der Waals surface area contributed by atoms with E-state index in [1.54, 1.807) is 6.07 Å². The first-order valence-electron chi connectivity index (χ1n) is 4.99. The van der Waals surface area contributed by atoms with Gasteiger partial charge in [-0.1, -0.05) is 35.9 Å². The Morgan fingerprint density at radius 2 is 1.88 bits per heavy atom. The predicted octanol–water partition coefficient (Wildman–Crippen LogP) is 3.39. The molecule has 0 fully saturated rings. The first kappa shape index (κ1) is 9.70. The van der Waals surface area contributed by atoms with E-state index in [1.165, 1.54) is 0 Å². The summed E-state index contributed by atoms with van der Waals surface area (Å²) in [6, 6.07) is 13.1. The van der Waals surface area contributed by atoms with Gasteiger partial charge in [-0.05, 0) is 23.8 Å². The van der Waals surface area contributed by atoms with Gasteiger partial charge in [0.25, 0.3) is 0 Å². The maximum Gasteiger partial charge on any atom is 0.224 e. The maximum atomic E-state index is 9.85. The number of hydrogen-bond donors (Lipinski definition) is 1. The fourth-order valence-electron chi connectivity index (χ4n) is 1.96. The summed E-state index contributed by atoms with van der Waals surface area (Å²) >= 11 is 5.90. The van der Waals surface area contributed by atoms with Crippen molar-refractivity contribution in [2.45, 2.75) is 6.29 Å². The lowest BCUT2D eigenvalue weighted by molar-refractivity contribution is -0.0212. The quantitative estimate of drug-likeness (QED) is 0.755. The van der Waals surface area contributed by atoms with Gasteiger partial charge in [0.05, 0.1) is 0 Å². The van der Waals surface area contributed by atoms with Crippen LogP contribution >= 0.6 is 11.6 Å². The molecule has 0 saturated heterocycles. The monoisotopic (exact) mass is 232 g/mol. The number of ether oxygens (including phenoxy) is 1. The molecule has 0 spiro atoms. The van der Waals surface area contributed by atoms with Crippen LogP contribution in [0, 0.1) is 0 Å². The summed E-state index contributed by atoms with van der Waals surface area (Å²) in [5.41, 5.74) is 2.67. The molecule has 16 heavy (non-hydrogen) atoms. The Bertz CT molecular complexity index is 551. The molecule has 1 unspecified atom stereocenters. The molecule has 3 rings (SSSR count). The molecule has 0 aromatic heterocycles. The minimum Gasteiger partial charge on any atom is -0.460 e. The highest BCUT2D eigenvalue weighted by Gasteiger charge is 2.23. The van der Waals surface area contributed by atoms with Gasteiger partial charge < -0.3 is 9.84 Å². The molecule has 1 atom stereocenters. The molecule has 0 amide bonds. The molecule has 3 heteroatoms. The van der Waals surface area contributed by atoms with Gasteiger partial charge in [0, 0.05) is 16.1 Å². The second-order valence-electron chi connectivity index (χ2n) is 3.70. The van der Waals surface area contributed by atoms with Crippen molar-refractivity contribution in [3.8, 4) is 16.9 Å². The SMILES string of the molecule is OC1Oc2ccccc2-c2ccc(Cl)cc21. The van der Waals surface area contributed by atoms with Crippen LogP contribution in [0.15, 0.2) is 42.5 Å². The van der Waals surface area contributed by atoms with Crippen molar-refractivity contribution < 1.29 is 9.84 Å². The van der Waals surface area contributed by atoms with Crippen molar-refractivity contribution >= 4 is 11.6 Å². The van der Waals surface area contributed by atoms with Gasteiger partial charge >= 0.3 is 0 Å². The summed E-state index contributed by atoms with van der Waals surface area (Å²) in [5, 5.41) is 10.4. The first-order valence-corrected chi connectivity index (χ1v) is 5.37. The molecule has 1 heterocycles. The third kappa shape index (κ3) is 1.39. The first-order chi connectivity index (χ1) is 7.75. The van der Waals surface area contributed by atoms with Crippen LogP contribution in [0.3, 0.4) is 0 Å². The molecule has 1 aliphatic rings. The maximum absolute atomic E-state index is 9.85. The van der Waals surface area contributed by atoms with Crippen molar-refractivity contribution in [1.82, 2.24) is 0 Å². The number of rotatable bonds is 0. The highest BCUT2D eigenvalue weighted by Crippen LogP contribution is 2.41. The van der Waals surface area contributed by atoms with Gasteiger partial charge in [-0.3, -0.25) is 0 Å². The van der Waals surface area contributed by atoms with Gasteiger partial charge in [-0.25, -0.2) is 0 Å². The molecule has 0 saturated carbocycles. The number of halogens is 1. The van der Waals surface area contributed by atoms with E-state index in [4.69, 9.17) is 16.3 Å². The van der Waals surface area contributed by atoms with E-state index in [1.807, 2.05) is 36.4 Å². The van der Waals surface area contributed by atoms with E-state index in [-0.39, 0.29) is 0 Å². The van der Waals surface area contributed by atoms with Crippen molar-refractivity contribution in [2.24, 2.45) is 0 Å². The number of aliphatic hydroxyl groups is 1. The van der Waals surface area contributed by atoms with Gasteiger partial charge in [0.1, 0.15) is 5.75 Å². The molecule has 2 aromatic rings. The summed E-state index contributed by atoms with van der Waals surface area (Å²) in [6.07, 6.45) is -0.941. The topological polar surface area (TPSA) is 29.5 Å². The Labute approximate surface area is 98.1 Å². The van der Waals surface area contributed by atoms with Crippen molar-refractivity contribution in [1.29, 1.82) is 0 Å². The molecule has 0 radical (unpaired) electrons. The standard InChI is InChI=1S/C13H9ClO2/c14-8-5-6-9-10-3-1-2-4-12(10)16-13(15)11(9)7-8/h1-7,13,15H. The highest BCUT2D eigenvalue weighted by molar-refractivity contribution is 6.30. The smallest absolute Gasteiger partial charge is 0.224 e. The lowest BCUT2D eigenvalue weighted by atomic mass is 9.96. The summed E-state index contributed by atoms with van der Waals surface area (Å²) < 4.78 is 5.41. The molecule has 2 aromatic carbocycles. The molecule has 0 bridgehead atoms. The minimum atomic E-state index is -0.941.